The van der Waals surface area contributed by atoms with E-state index < -0.39 is 0 Å². The summed E-state index contributed by atoms with van der Waals surface area (Å²) in [6, 6.07) is 23.0. The normalized spacial score (nSPS) is 16.0. The summed E-state index contributed by atoms with van der Waals surface area (Å²) in [5.74, 6) is 2.04. The molecule has 1 aliphatic rings. The van der Waals surface area contributed by atoms with Gasteiger partial charge in [0.25, 0.3) is 0 Å². The molecule has 1 atom stereocenters. The van der Waals surface area contributed by atoms with E-state index in [4.69, 9.17) is 0 Å². The van der Waals surface area contributed by atoms with Gasteiger partial charge in [0.2, 0.25) is 5.91 Å². The number of aromatic nitrogens is 3. The van der Waals surface area contributed by atoms with Crippen LogP contribution in [0.3, 0.4) is 0 Å². The number of nitrogens with one attached hydrogen (secondary N) is 2. The van der Waals surface area contributed by atoms with Crippen LogP contribution in [-0.4, -0.2) is 39.1 Å². The number of amides is 1. The van der Waals surface area contributed by atoms with Crippen LogP contribution in [0.15, 0.2) is 66.7 Å². The molecule has 1 unspecified atom stereocenters. The zero-order valence-electron chi connectivity index (χ0n) is 19.8. The lowest BCUT2D eigenvalue weighted by Crippen LogP contribution is -2.42. The van der Waals surface area contributed by atoms with Gasteiger partial charge in [-0.05, 0) is 33.9 Å². The summed E-state index contributed by atoms with van der Waals surface area (Å²) in [5, 5.41) is 13.0. The van der Waals surface area contributed by atoms with E-state index in [1.165, 1.54) is 11.1 Å². The lowest BCUT2D eigenvalue weighted by Gasteiger charge is -2.37. The Labute approximate surface area is 200 Å². The van der Waals surface area contributed by atoms with Crippen LogP contribution in [0.4, 0.5) is 0 Å². The zero-order valence-corrected chi connectivity index (χ0v) is 19.8. The van der Waals surface area contributed by atoms with Crippen molar-refractivity contribution in [1.82, 2.24) is 25.4 Å². The molecule has 0 bridgehead atoms. The molecule has 2 N–H and O–H groups in total. The molecule has 0 radical (unpaired) electrons. The predicted molar refractivity (Wildman–Crippen MR) is 134 cm³/mol. The third-order valence-electron chi connectivity index (χ3n) is 6.67. The number of nitrogens with zero attached hydrogens (tertiary/aromatic N) is 3. The fourth-order valence-corrected chi connectivity index (χ4v) is 4.86. The van der Waals surface area contributed by atoms with Gasteiger partial charge in [-0.2, -0.15) is 5.10 Å². The largest absolute Gasteiger partial charge is 0.354 e. The van der Waals surface area contributed by atoms with Gasteiger partial charge in [0.05, 0.1) is 19.0 Å². The van der Waals surface area contributed by atoms with E-state index in [0.29, 0.717) is 19.5 Å². The van der Waals surface area contributed by atoms with E-state index >= 15 is 0 Å². The molecule has 0 spiro atoms. The summed E-state index contributed by atoms with van der Waals surface area (Å²) in [7, 11) is 0. The summed E-state index contributed by atoms with van der Waals surface area (Å²) < 4.78 is 0. The van der Waals surface area contributed by atoms with Gasteiger partial charge >= 0.3 is 0 Å². The second-order valence-corrected chi connectivity index (χ2v) is 9.35. The van der Waals surface area contributed by atoms with Gasteiger partial charge < -0.3 is 5.32 Å². The van der Waals surface area contributed by atoms with Crippen LogP contribution in [0, 0.1) is 0 Å². The quantitative estimate of drug-likeness (QED) is 0.431. The third kappa shape index (κ3) is 4.73. The summed E-state index contributed by atoms with van der Waals surface area (Å²) in [6.07, 6.45) is 1.36. The van der Waals surface area contributed by atoms with Crippen LogP contribution in [0.1, 0.15) is 54.1 Å². The Hall–Kier alpha value is -3.51. The first-order valence-corrected chi connectivity index (χ1v) is 12.0. The SMILES string of the molecule is CC(C)c1n[nH]c(CN2CCc3ccccc3C2CNC(=O)Cc2cccc3ccccc23)n1. The highest BCUT2D eigenvalue weighted by Gasteiger charge is 2.28. The second kappa shape index (κ2) is 9.77. The summed E-state index contributed by atoms with van der Waals surface area (Å²) in [6.45, 7) is 6.35. The van der Waals surface area contributed by atoms with Crippen molar-refractivity contribution in [2.45, 2.75) is 45.2 Å². The van der Waals surface area contributed by atoms with Crippen LogP contribution in [0.25, 0.3) is 10.8 Å². The van der Waals surface area contributed by atoms with Gasteiger partial charge in [-0.15, -0.1) is 0 Å². The van der Waals surface area contributed by atoms with Crippen molar-refractivity contribution in [3.05, 3.63) is 95.1 Å². The molecule has 4 aromatic rings. The van der Waals surface area contributed by atoms with Crippen molar-refractivity contribution in [3.8, 4) is 0 Å². The highest BCUT2D eigenvalue weighted by molar-refractivity contribution is 5.90. The van der Waals surface area contributed by atoms with Gasteiger partial charge in [0.15, 0.2) is 5.82 Å². The molecule has 174 valence electrons. The Morgan fingerprint density at radius 2 is 1.88 bits per heavy atom. The average molecular weight is 454 g/mol. The van der Waals surface area contributed by atoms with Gasteiger partial charge in [0, 0.05) is 19.0 Å². The van der Waals surface area contributed by atoms with E-state index in [1.807, 2.05) is 24.3 Å². The smallest absolute Gasteiger partial charge is 0.224 e. The van der Waals surface area contributed by atoms with Crippen LogP contribution in [-0.2, 0) is 24.2 Å². The molecule has 0 saturated carbocycles. The fourth-order valence-electron chi connectivity index (χ4n) is 4.86. The lowest BCUT2D eigenvalue weighted by molar-refractivity contribution is -0.120. The van der Waals surface area contributed by atoms with Crippen molar-refractivity contribution in [3.63, 3.8) is 0 Å². The van der Waals surface area contributed by atoms with E-state index in [0.717, 1.165) is 41.0 Å². The van der Waals surface area contributed by atoms with Gasteiger partial charge in [-0.3, -0.25) is 14.8 Å². The highest BCUT2D eigenvalue weighted by atomic mass is 16.1. The number of carbonyl (C=O) groups excluding carboxylic acids is 1. The molecule has 2 heterocycles. The molecule has 5 rings (SSSR count). The number of carbonyl (C=O) groups is 1. The summed E-state index contributed by atoms with van der Waals surface area (Å²) in [4.78, 5) is 20.1. The maximum Gasteiger partial charge on any atom is 0.224 e. The number of fused-ring (bicyclic) bond motifs is 2. The molecule has 0 fully saturated rings. The van der Waals surface area contributed by atoms with Crippen molar-refractivity contribution >= 4 is 16.7 Å². The Bertz CT molecular complexity index is 1290. The van der Waals surface area contributed by atoms with Crippen molar-refractivity contribution in [1.29, 1.82) is 0 Å². The molecule has 1 amide bonds. The molecule has 3 aromatic carbocycles. The Balaban J connectivity index is 1.32. The van der Waals surface area contributed by atoms with Crippen LogP contribution < -0.4 is 5.32 Å². The first-order chi connectivity index (χ1) is 16.6. The average Bonchev–Trinajstić information content (AvgIpc) is 3.32. The third-order valence-corrected chi connectivity index (χ3v) is 6.67. The Morgan fingerprint density at radius 1 is 1.09 bits per heavy atom. The maximum absolute atomic E-state index is 13.0. The first-order valence-electron chi connectivity index (χ1n) is 12.0. The molecule has 0 aliphatic carbocycles. The summed E-state index contributed by atoms with van der Waals surface area (Å²) >= 11 is 0. The van der Waals surface area contributed by atoms with E-state index in [1.54, 1.807) is 0 Å². The molecule has 1 aliphatic heterocycles. The minimum atomic E-state index is 0.0427. The van der Waals surface area contributed by atoms with Gasteiger partial charge in [0.1, 0.15) is 5.82 Å². The highest BCUT2D eigenvalue weighted by Crippen LogP contribution is 2.30. The number of hydrogen-bond acceptors (Lipinski definition) is 4. The Morgan fingerprint density at radius 3 is 2.74 bits per heavy atom. The van der Waals surface area contributed by atoms with Crippen LogP contribution >= 0.6 is 0 Å². The molecule has 0 saturated heterocycles. The van der Waals surface area contributed by atoms with Crippen molar-refractivity contribution in [2.75, 3.05) is 13.1 Å². The van der Waals surface area contributed by atoms with Crippen molar-refractivity contribution < 1.29 is 4.79 Å². The standard InChI is InChI=1S/C28H31N5O/c1-19(2)28-30-26(31-32-28)18-33-15-14-21-9-4-6-13-24(21)25(33)17-29-27(34)16-22-11-7-10-20-8-3-5-12-23(20)22/h3-13,19,25H,14-18H2,1-2H3,(H,29,34)(H,30,31,32). The number of hydrogen-bond donors (Lipinski definition) is 2. The lowest BCUT2D eigenvalue weighted by atomic mass is 9.92. The maximum atomic E-state index is 13.0. The minimum absolute atomic E-state index is 0.0427. The molecular weight excluding hydrogens is 422 g/mol. The molecule has 6 heteroatoms. The van der Waals surface area contributed by atoms with Gasteiger partial charge in [-0.25, -0.2) is 4.98 Å². The summed E-state index contributed by atoms with van der Waals surface area (Å²) in [5.41, 5.74) is 3.69. The first kappa shape index (κ1) is 22.3. The number of aromatic amines is 1. The zero-order chi connectivity index (χ0) is 23.5. The molecule has 1 aromatic heterocycles. The number of H-pyrrole nitrogens is 1. The predicted octanol–water partition coefficient (Wildman–Crippen LogP) is 4.54. The number of benzene rings is 3. The Kier molecular flexibility index (Phi) is 6.41. The topological polar surface area (TPSA) is 73.9 Å². The van der Waals surface area contributed by atoms with Crippen molar-refractivity contribution in [2.24, 2.45) is 0 Å². The number of rotatable bonds is 7. The van der Waals surface area contributed by atoms with Crippen LogP contribution in [0.2, 0.25) is 0 Å². The van der Waals surface area contributed by atoms with Gasteiger partial charge in [-0.1, -0.05) is 80.6 Å². The molecule has 34 heavy (non-hydrogen) atoms. The van der Waals surface area contributed by atoms with E-state index in [-0.39, 0.29) is 17.9 Å². The molecule has 6 nitrogen and oxygen atoms in total. The van der Waals surface area contributed by atoms with E-state index in [9.17, 15) is 4.79 Å². The second-order valence-electron chi connectivity index (χ2n) is 9.35. The fraction of sp³-hybridized carbons (Fsp3) is 0.321. The van der Waals surface area contributed by atoms with Crippen LogP contribution in [0.5, 0.6) is 0 Å². The molecular formula is C28H31N5O. The monoisotopic (exact) mass is 453 g/mol. The minimum Gasteiger partial charge on any atom is -0.354 e. The van der Waals surface area contributed by atoms with E-state index in [2.05, 4.69) is 81.7 Å².